The van der Waals surface area contributed by atoms with E-state index in [1.165, 1.54) is 0 Å². The molecule has 1 heterocycles. The number of ether oxygens (including phenoxy) is 2. The SMILES string of the molecule is Cc1ccc(OCC2CCCO2)cc1C=O. The fourth-order valence-corrected chi connectivity index (χ4v) is 1.80. The first kappa shape index (κ1) is 11.1. The molecule has 3 heteroatoms. The van der Waals surface area contributed by atoms with Gasteiger partial charge in [-0.3, -0.25) is 4.79 Å². The summed E-state index contributed by atoms with van der Waals surface area (Å²) in [4.78, 5) is 10.8. The Labute approximate surface area is 95.4 Å². The summed E-state index contributed by atoms with van der Waals surface area (Å²) in [5.41, 5.74) is 1.66. The lowest BCUT2D eigenvalue weighted by atomic mass is 10.1. The van der Waals surface area contributed by atoms with Crippen molar-refractivity contribution in [1.82, 2.24) is 0 Å². The van der Waals surface area contributed by atoms with Crippen molar-refractivity contribution in [3.8, 4) is 5.75 Å². The Bertz CT molecular complexity index is 367. The highest BCUT2D eigenvalue weighted by Gasteiger charge is 2.16. The van der Waals surface area contributed by atoms with Crippen LogP contribution in [0.4, 0.5) is 0 Å². The number of hydrogen-bond acceptors (Lipinski definition) is 3. The summed E-state index contributed by atoms with van der Waals surface area (Å²) in [6.07, 6.45) is 3.24. The van der Waals surface area contributed by atoms with Crippen molar-refractivity contribution in [2.75, 3.05) is 13.2 Å². The molecule has 1 aliphatic heterocycles. The van der Waals surface area contributed by atoms with E-state index in [1.54, 1.807) is 6.07 Å². The molecule has 3 nitrogen and oxygen atoms in total. The molecule has 1 saturated heterocycles. The first-order valence-electron chi connectivity index (χ1n) is 5.60. The summed E-state index contributed by atoms with van der Waals surface area (Å²) in [6.45, 7) is 3.32. The number of rotatable bonds is 4. The van der Waals surface area contributed by atoms with Crippen molar-refractivity contribution < 1.29 is 14.3 Å². The Morgan fingerprint density at radius 3 is 3.12 bits per heavy atom. The van der Waals surface area contributed by atoms with Gasteiger partial charge in [-0.1, -0.05) is 6.07 Å². The number of aryl methyl sites for hydroxylation is 1. The molecule has 0 radical (unpaired) electrons. The monoisotopic (exact) mass is 220 g/mol. The maximum Gasteiger partial charge on any atom is 0.150 e. The first-order valence-corrected chi connectivity index (χ1v) is 5.60. The zero-order valence-electron chi connectivity index (χ0n) is 9.44. The third-order valence-corrected chi connectivity index (χ3v) is 2.84. The zero-order valence-corrected chi connectivity index (χ0v) is 9.44. The standard InChI is InChI=1S/C13H16O3/c1-10-4-5-12(7-11(10)8-14)16-9-13-3-2-6-15-13/h4-5,7-8,13H,2-3,6,9H2,1H3. The smallest absolute Gasteiger partial charge is 0.150 e. The molecule has 16 heavy (non-hydrogen) atoms. The van der Waals surface area contributed by atoms with Gasteiger partial charge in [0.15, 0.2) is 0 Å². The summed E-state index contributed by atoms with van der Waals surface area (Å²) in [7, 11) is 0. The third kappa shape index (κ3) is 2.61. The lowest BCUT2D eigenvalue weighted by molar-refractivity contribution is 0.0679. The van der Waals surface area contributed by atoms with Crippen molar-refractivity contribution in [2.45, 2.75) is 25.9 Å². The second kappa shape index (κ2) is 5.12. The molecule has 1 aliphatic rings. The van der Waals surface area contributed by atoms with Gasteiger partial charge >= 0.3 is 0 Å². The average Bonchev–Trinajstić information content (AvgIpc) is 2.81. The maximum atomic E-state index is 10.8. The minimum atomic E-state index is 0.209. The van der Waals surface area contributed by atoms with Crippen molar-refractivity contribution in [3.05, 3.63) is 29.3 Å². The van der Waals surface area contributed by atoms with Gasteiger partial charge in [0.2, 0.25) is 0 Å². The number of aldehydes is 1. The van der Waals surface area contributed by atoms with Crippen molar-refractivity contribution in [2.24, 2.45) is 0 Å². The van der Waals surface area contributed by atoms with Crippen molar-refractivity contribution in [1.29, 1.82) is 0 Å². The second-order valence-corrected chi connectivity index (χ2v) is 4.08. The highest BCUT2D eigenvalue weighted by molar-refractivity contribution is 5.77. The molecule has 0 spiro atoms. The quantitative estimate of drug-likeness (QED) is 0.731. The Kier molecular flexibility index (Phi) is 3.57. The van der Waals surface area contributed by atoms with Crippen molar-refractivity contribution in [3.63, 3.8) is 0 Å². The molecule has 86 valence electrons. The highest BCUT2D eigenvalue weighted by atomic mass is 16.5. The predicted octanol–water partition coefficient (Wildman–Crippen LogP) is 2.37. The highest BCUT2D eigenvalue weighted by Crippen LogP contribution is 2.18. The fourth-order valence-electron chi connectivity index (χ4n) is 1.80. The minimum Gasteiger partial charge on any atom is -0.491 e. The fraction of sp³-hybridized carbons (Fsp3) is 0.462. The van der Waals surface area contributed by atoms with Gasteiger partial charge < -0.3 is 9.47 Å². The van der Waals surface area contributed by atoms with E-state index in [0.717, 1.165) is 37.0 Å². The van der Waals surface area contributed by atoms with Crippen LogP contribution in [-0.4, -0.2) is 25.6 Å². The molecule has 1 aromatic rings. The Morgan fingerprint density at radius 2 is 2.44 bits per heavy atom. The first-order chi connectivity index (χ1) is 7.79. The second-order valence-electron chi connectivity index (χ2n) is 4.08. The van der Waals surface area contributed by atoms with Crippen LogP contribution in [0, 0.1) is 6.92 Å². The van der Waals surface area contributed by atoms with Crippen molar-refractivity contribution >= 4 is 6.29 Å². The van der Waals surface area contributed by atoms with E-state index in [1.807, 2.05) is 19.1 Å². The maximum absolute atomic E-state index is 10.8. The molecule has 0 N–H and O–H groups in total. The van der Waals surface area contributed by atoms with Crippen LogP contribution in [-0.2, 0) is 4.74 Å². The largest absolute Gasteiger partial charge is 0.491 e. The van der Waals surface area contributed by atoms with Gasteiger partial charge in [-0.05, 0) is 37.5 Å². The third-order valence-electron chi connectivity index (χ3n) is 2.84. The van der Waals surface area contributed by atoms with Crippen LogP contribution in [0.15, 0.2) is 18.2 Å². The van der Waals surface area contributed by atoms with Crippen LogP contribution in [0.2, 0.25) is 0 Å². The lowest BCUT2D eigenvalue weighted by Gasteiger charge is -2.12. The van der Waals surface area contributed by atoms with Gasteiger partial charge in [0.25, 0.3) is 0 Å². The van der Waals surface area contributed by atoms with E-state index in [-0.39, 0.29) is 6.10 Å². The van der Waals surface area contributed by atoms with Crippen LogP contribution in [0.1, 0.15) is 28.8 Å². The van der Waals surface area contributed by atoms with Gasteiger partial charge in [0.1, 0.15) is 18.6 Å². The van der Waals surface area contributed by atoms with Gasteiger partial charge in [-0.15, -0.1) is 0 Å². The average molecular weight is 220 g/mol. The van der Waals surface area contributed by atoms with Gasteiger partial charge in [0.05, 0.1) is 6.10 Å². The normalized spacial score (nSPS) is 19.7. The van der Waals surface area contributed by atoms with E-state index in [2.05, 4.69) is 0 Å². The predicted molar refractivity (Wildman–Crippen MR) is 61.0 cm³/mol. The molecule has 0 aliphatic carbocycles. The number of benzene rings is 1. The topological polar surface area (TPSA) is 35.5 Å². The molecule has 1 aromatic carbocycles. The van der Waals surface area contributed by atoms with E-state index in [9.17, 15) is 4.79 Å². The van der Waals surface area contributed by atoms with Crippen LogP contribution in [0.5, 0.6) is 5.75 Å². The molecule has 0 aromatic heterocycles. The molecule has 2 rings (SSSR count). The summed E-state index contributed by atoms with van der Waals surface area (Å²) >= 11 is 0. The Hall–Kier alpha value is -1.35. The van der Waals surface area contributed by atoms with Gasteiger partial charge in [0, 0.05) is 12.2 Å². The molecule has 0 bridgehead atoms. The van der Waals surface area contributed by atoms with Gasteiger partial charge in [-0.25, -0.2) is 0 Å². The number of carbonyl (C=O) groups excluding carboxylic acids is 1. The molecule has 0 amide bonds. The summed E-state index contributed by atoms with van der Waals surface area (Å²) in [6, 6.07) is 5.56. The molecule has 1 unspecified atom stereocenters. The zero-order chi connectivity index (χ0) is 11.4. The van der Waals surface area contributed by atoms with E-state index >= 15 is 0 Å². The lowest BCUT2D eigenvalue weighted by Crippen LogP contribution is -2.16. The van der Waals surface area contributed by atoms with Crippen LogP contribution in [0.3, 0.4) is 0 Å². The van der Waals surface area contributed by atoms with Crippen LogP contribution >= 0.6 is 0 Å². The summed E-state index contributed by atoms with van der Waals surface area (Å²) < 4.78 is 11.1. The molecule has 1 atom stereocenters. The molecule has 1 fully saturated rings. The molecular formula is C13H16O3. The number of hydrogen-bond donors (Lipinski definition) is 0. The summed E-state index contributed by atoms with van der Waals surface area (Å²) in [5.74, 6) is 0.739. The van der Waals surface area contributed by atoms with E-state index < -0.39 is 0 Å². The Morgan fingerprint density at radius 1 is 1.56 bits per heavy atom. The molecule has 0 saturated carbocycles. The minimum absolute atomic E-state index is 0.209. The van der Waals surface area contributed by atoms with E-state index in [4.69, 9.17) is 9.47 Å². The number of carbonyl (C=O) groups is 1. The van der Waals surface area contributed by atoms with E-state index in [0.29, 0.717) is 12.2 Å². The van der Waals surface area contributed by atoms with Gasteiger partial charge in [-0.2, -0.15) is 0 Å². The summed E-state index contributed by atoms with van der Waals surface area (Å²) in [5, 5.41) is 0. The van der Waals surface area contributed by atoms with Crippen LogP contribution < -0.4 is 4.74 Å². The van der Waals surface area contributed by atoms with Crippen LogP contribution in [0.25, 0.3) is 0 Å². The molecular weight excluding hydrogens is 204 g/mol. The Balaban J connectivity index is 1.95.